The summed E-state index contributed by atoms with van der Waals surface area (Å²) in [4.78, 5) is 0. The quantitative estimate of drug-likeness (QED) is 0.884. The van der Waals surface area contributed by atoms with Crippen LogP contribution in [0.1, 0.15) is 19.4 Å². The van der Waals surface area contributed by atoms with Crippen molar-refractivity contribution >= 4 is 10.9 Å². The maximum Gasteiger partial charge on any atom is 0.119 e. The van der Waals surface area contributed by atoms with Gasteiger partial charge in [-0.25, -0.2) is 0 Å². The second-order valence-electron chi connectivity index (χ2n) is 5.14. The molecule has 0 spiro atoms. The van der Waals surface area contributed by atoms with Crippen molar-refractivity contribution in [3.8, 4) is 5.75 Å². The predicted molar refractivity (Wildman–Crippen MR) is 69.5 cm³/mol. The fourth-order valence-corrected chi connectivity index (χ4v) is 2.19. The summed E-state index contributed by atoms with van der Waals surface area (Å²) in [6, 6.07) is 6.02. The second kappa shape index (κ2) is 4.08. The van der Waals surface area contributed by atoms with Crippen LogP contribution < -0.4 is 4.74 Å². The molecule has 92 valence electrons. The van der Waals surface area contributed by atoms with E-state index in [0.717, 1.165) is 22.2 Å². The molecular weight excluding hydrogens is 214 g/mol. The summed E-state index contributed by atoms with van der Waals surface area (Å²) in [5, 5.41) is 11.1. The Hall–Kier alpha value is -1.48. The van der Waals surface area contributed by atoms with E-state index in [1.165, 1.54) is 0 Å². The molecule has 17 heavy (non-hydrogen) atoms. The van der Waals surface area contributed by atoms with Gasteiger partial charge >= 0.3 is 0 Å². The minimum absolute atomic E-state index is 0.636. The van der Waals surface area contributed by atoms with E-state index >= 15 is 0 Å². The summed E-state index contributed by atoms with van der Waals surface area (Å²) in [7, 11) is 3.68. The SMILES string of the molecule is COc1ccc2c(c1)c(CC(C)(C)O)cn2C. The van der Waals surface area contributed by atoms with Crippen LogP contribution in [-0.2, 0) is 13.5 Å². The molecule has 1 aromatic heterocycles. The predicted octanol–water partition coefficient (Wildman–Crippen LogP) is 2.50. The highest BCUT2D eigenvalue weighted by Crippen LogP contribution is 2.27. The van der Waals surface area contributed by atoms with E-state index in [-0.39, 0.29) is 0 Å². The molecule has 2 rings (SSSR count). The highest BCUT2D eigenvalue weighted by atomic mass is 16.5. The molecule has 0 bridgehead atoms. The van der Waals surface area contributed by atoms with Crippen LogP contribution in [-0.4, -0.2) is 22.4 Å². The van der Waals surface area contributed by atoms with E-state index in [1.807, 2.05) is 39.1 Å². The maximum atomic E-state index is 9.93. The van der Waals surface area contributed by atoms with Crippen LogP contribution in [0.2, 0.25) is 0 Å². The molecule has 0 atom stereocenters. The fraction of sp³-hybridized carbons (Fsp3) is 0.429. The molecular formula is C14H19NO2. The van der Waals surface area contributed by atoms with Crippen molar-refractivity contribution in [2.75, 3.05) is 7.11 Å². The first kappa shape index (κ1) is 12.0. The number of benzene rings is 1. The lowest BCUT2D eigenvalue weighted by molar-refractivity contribution is 0.0813. The first-order valence-corrected chi connectivity index (χ1v) is 5.75. The van der Waals surface area contributed by atoms with Crippen molar-refractivity contribution in [2.45, 2.75) is 25.9 Å². The number of aryl methyl sites for hydroxylation is 1. The van der Waals surface area contributed by atoms with Crippen molar-refractivity contribution in [3.63, 3.8) is 0 Å². The van der Waals surface area contributed by atoms with Gasteiger partial charge in [0.1, 0.15) is 5.75 Å². The van der Waals surface area contributed by atoms with Gasteiger partial charge in [0.15, 0.2) is 0 Å². The van der Waals surface area contributed by atoms with Gasteiger partial charge in [0.2, 0.25) is 0 Å². The molecule has 0 amide bonds. The number of methoxy groups -OCH3 is 1. The summed E-state index contributed by atoms with van der Waals surface area (Å²) in [5.74, 6) is 0.848. The third-order valence-corrected chi connectivity index (χ3v) is 2.90. The van der Waals surface area contributed by atoms with Gasteiger partial charge in [-0.2, -0.15) is 0 Å². The van der Waals surface area contributed by atoms with Gasteiger partial charge in [0, 0.05) is 30.6 Å². The number of nitrogens with zero attached hydrogens (tertiary/aromatic N) is 1. The van der Waals surface area contributed by atoms with Gasteiger partial charge in [0.25, 0.3) is 0 Å². The third kappa shape index (κ3) is 2.44. The number of aromatic nitrogens is 1. The lowest BCUT2D eigenvalue weighted by atomic mass is 9.98. The van der Waals surface area contributed by atoms with Crippen molar-refractivity contribution in [3.05, 3.63) is 30.0 Å². The average molecular weight is 233 g/mol. The van der Waals surface area contributed by atoms with Gasteiger partial charge < -0.3 is 14.4 Å². The number of aliphatic hydroxyl groups is 1. The van der Waals surface area contributed by atoms with Crippen LogP contribution in [0.25, 0.3) is 10.9 Å². The first-order valence-electron chi connectivity index (χ1n) is 5.75. The Morgan fingerprint density at radius 2 is 2.06 bits per heavy atom. The maximum absolute atomic E-state index is 9.93. The average Bonchev–Trinajstić information content (AvgIpc) is 2.53. The second-order valence-corrected chi connectivity index (χ2v) is 5.14. The Balaban J connectivity index is 2.55. The fourth-order valence-electron chi connectivity index (χ4n) is 2.19. The Bertz CT molecular complexity index is 535. The van der Waals surface area contributed by atoms with Gasteiger partial charge in [-0.15, -0.1) is 0 Å². The summed E-state index contributed by atoms with van der Waals surface area (Å²) in [5.41, 5.74) is 1.61. The summed E-state index contributed by atoms with van der Waals surface area (Å²) in [6.45, 7) is 3.65. The number of hydrogen-bond acceptors (Lipinski definition) is 2. The molecule has 0 saturated carbocycles. The molecule has 0 aliphatic heterocycles. The monoisotopic (exact) mass is 233 g/mol. The summed E-state index contributed by atoms with van der Waals surface area (Å²) in [6.07, 6.45) is 2.71. The van der Waals surface area contributed by atoms with Crippen LogP contribution >= 0.6 is 0 Å². The topological polar surface area (TPSA) is 34.4 Å². The Morgan fingerprint density at radius 3 is 2.65 bits per heavy atom. The number of fused-ring (bicyclic) bond motifs is 1. The zero-order chi connectivity index (χ0) is 12.6. The lowest BCUT2D eigenvalue weighted by Crippen LogP contribution is -2.21. The van der Waals surface area contributed by atoms with Crippen molar-refractivity contribution in [1.82, 2.24) is 4.57 Å². The van der Waals surface area contributed by atoms with Crippen LogP contribution in [0.15, 0.2) is 24.4 Å². The van der Waals surface area contributed by atoms with E-state index in [0.29, 0.717) is 6.42 Å². The van der Waals surface area contributed by atoms with Crippen molar-refractivity contribution < 1.29 is 9.84 Å². The summed E-state index contributed by atoms with van der Waals surface area (Å²) >= 11 is 0. The minimum Gasteiger partial charge on any atom is -0.497 e. The van der Waals surface area contributed by atoms with E-state index in [4.69, 9.17) is 4.74 Å². The highest BCUT2D eigenvalue weighted by molar-refractivity contribution is 5.85. The van der Waals surface area contributed by atoms with Gasteiger partial charge in [-0.05, 0) is 37.6 Å². The van der Waals surface area contributed by atoms with E-state index in [2.05, 4.69) is 10.8 Å². The molecule has 3 nitrogen and oxygen atoms in total. The molecule has 0 radical (unpaired) electrons. The lowest BCUT2D eigenvalue weighted by Gasteiger charge is -2.16. The Kier molecular flexibility index (Phi) is 2.87. The molecule has 1 N–H and O–H groups in total. The van der Waals surface area contributed by atoms with E-state index in [9.17, 15) is 5.11 Å². The van der Waals surface area contributed by atoms with Crippen LogP contribution in [0, 0.1) is 0 Å². The normalized spacial score (nSPS) is 12.1. The molecule has 0 fully saturated rings. The van der Waals surface area contributed by atoms with Crippen LogP contribution in [0.5, 0.6) is 5.75 Å². The highest BCUT2D eigenvalue weighted by Gasteiger charge is 2.17. The molecule has 0 aliphatic rings. The molecule has 1 aromatic carbocycles. The van der Waals surface area contributed by atoms with Crippen LogP contribution in [0.4, 0.5) is 0 Å². The molecule has 3 heteroatoms. The smallest absolute Gasteiger partial charge is 0.119 e. The van der Waals surface area contributed by atoms with Gasteiger partial charge in [0.05, 0.1) is 12.7 Å². The minimum atomic E-state index is -0.697. The van der Waals surface area contributed by atoms with E-state index in [1.54, 1.807) is 7.11 Å². The third-order valence-electron chi connectivity index (χ3n) is 2.90. The van der Waals surface area contributed by atoms with Gasteiger partial charge in [-0.1, -0.05) is 0 Å². The molecule has 0 unspecified atom stereocenters. The first-order chi connectivity index (χ1) is 7.90. The van der Waals surface area contributed by atoms with Gasteiger partial charge in [-0.3, -0.25) is 0 Å². The number of ether oxygens (including phenoxy) is 1. The zero-order valence-electron chi connectivity index (χ0n) is 10.8. The Labute approximate surface area is 102 Å². The standard InChI is InChI=1S/C14H19NO2/c1-14(2,16)8-10-9-15(3)13-6-5-11(17-4)7-12(10)13/h5-7,9,16H,8H2,1-4H3. The van der Waals surface area contributed by atoms with Crippen molar-refractivity contribution in [2.24, 2.45) is 7.05 Å². The molecule has 0 aliphatic carbocycles. The summed E-state index contributed by atoms with van der Waals surface area (Å²) < 4.78 is 7.32. The van der Waals surface area contributed by atoms with E-state index < -0.39 is 5.60 Å². The van der Waals surface area contributed by atoms with Crippen LogP contribution in [0.3, 0.4) is 0 Å². The number of hydrogen-bond donors (Lipinski definition) is 1. The van der Waals surface area contributed by atoms with Crippen molar-refractivity contribution in [1.29, 1.82) is 0 Å². The molecule has 1 heterocycles. The largest absolute Gasteiger partial charge is 0.497 e. The zero-order valence-corrected chi connectivity index (χ0v) is 10.8. The Morgan fingerprint density at radius 1 is 1.35 bits per heavy atom. The molecule has 2 aromatic rings. The molecule has 0 saturated heterocycles. The number of rotatable bonds is 3.